The SMILES string of the molecule is CCNC(=O)COc1ccc(NC(=O)Cc2c(C)nc3ccccc3c2C)cc1. The van der Waals surface area contributed by atoms with Crippen molar-refractivity contribution in [3.63, 3.8) is 0 Å². The first-order valence-corrected chi connectivity index (χ1v) is 9.62. The predicted molar refractivity (Wildman–Crippen MR) is 114 cm³/mol. The third-order valence-corrected chi connectivity index (χ3v) is 4.70. The average molecular weight is 391 g/mol. The molecule has 1 aromatic heterocycles. The Kier molecular flexibility index (Phi) is 6.44. The number of hydrogen-bond acceptors (Lipinski definition) is 4. The minimum atomic E-state index is -0.167. The summed E-state index contributed by atoms with van der Waals surface area (Å²) in [7, 11) is 0. The number of ether oxygens (including phenoxy) is 1. The van der Waals surface area contributed by atoms with Gasteiger partial charge >= 0.3 is 0 Å². The number of nitrogens with one attached hydrogen (secondary N) is 2. The van der Waals surface area contributed by atoms with E-state index < -0.39 is 0 Å². The van der Waals surface area contributed by atoms with Crippen molar-refractivity contribution in [2.45, 2.75) is 27.2 Å². The molecule has 0 saturated heterocycles. The minimum Gasteiger partial charge on any atom is -0.484 e. The summed E-state index contributed by atoms with van der Waals surface area (Å²) in [5.41, 5.74) is 4.50. The van der Waals surface area contributed by atoms with Crippen molar-refractivity contribution >= 4 is 28.4 Å². The number of pyridine rings is 1. The van der Waals surface area contributed by atoms with Gasteiger partial charge in [-0.05, 0) is 62.2 Å². The van der Waals surface area contributed by atoms with Gasteiger partial charge in [0.05, 0.1) is 11.9 Å². The Morgan fingerprint density at radius 2 is 1.72 bits per heavy atom. The van der Waals surface area contributed by atoms with Crippen molar-refractivity contribution in [2.24, 2.45) is 0 Å². The topological polar surface area (TPSA) is 80.3 Å². The van der Waals surface area contributed by atoms with Crippen molar-refractivity contribution < 1.29 is 14.3 Å². The van der Waals surface area contributed by atoms with E-state index in [-0.39, 0.29) is 24.8 Å². The molecule has 0 atom stereocenters. The highest BCUT2D eigenvalue weighted by Gasteiger charge is 2.13. The molecule has 0 fully saturated rings. The number of para-hydroxylation sites is 1. The number of anilines is 1. The van der Waals surface area contributed by atoms with Crippen LogP contribution in [0.5, 0.6) is 5.75 Å². The van der Waals surface area contributed by atoms with Crippen molar-refractivity contribution in [1.29, 1.82) is 0 Å². The molecule has 0 spiro atoms. The zero-order valence-corrected chi connectivity index (χ0v) is 16.9. The van der Waals surface area contributed by atoms with E-state index in [1.54, 1.807) is 24.3 Å². The summed E-state index contributed by atoms with van der Waals surface area (Å²) in [6.07, 6.45) is 0.255. The molecule has 2 aromatic carbocycles. The molecular weight excluding hydrogens is 366 g/mol. The van der Waals surface area contributed by atoms with E-state index in [2.05, 4.69) is 15.6 Å². The Morgan fingerprint density at radius 3 is 2.45 bits per heavy atom. The van der Waals surface area contributed by atoms with Crippen LogP contribution in [0.15, 0.2) is 48.5 Å². The molecule has 2 N–H and O–H groups in total. The van der Waals surface area contributed by atoms with Crippen LogP contribution in [0.4, 0.5) is 5.69 Å². The molecule has 0 saturated carbocycles. The second-order valence-electron chi connectivity index (χ2n) is 6.81. The van der Waals surface area contributed by atoms with E-state index in [1.165, 1.54) is 0 Å². The second kappa shape index (κ2) is 9.19. The number of benzene rings is 2. The van der Waals surface area contributed by atoms with Crippen LogP contribution in [-0.2, 0) is 16.0 Å². The van der Waals surface area contributed by atoms with Gasteiger partial charge < -0.3 is 15.4 Å². The highest BCUT2D eigenvalue weighted by atomic mass is 16.5. The first-order valence-electron chi connectivity index (χ1n) is 9.62. The Labute approximate surface area is 170 Å². The van der Waals surface area contributed by atoms with Crippen LogP contribution in [0.2, 0.25) is 0 Å². The molecule has 150 valence electrons. The van der Waals surface area contributed by atoms with Crippen LogP contribution in [0, 0.1) is 13.8 Å². The van der Waals surface area contributed by atoms with Crippen LogP contribution >= 0.6 is 0 Å². The van der Waals surface area contributed by atoms with Crippen LogP contribution in [0.1, 0.15) is 23.7 Å². The largest absolute Gasteiger partial charge is 0.484 e. The number of likely N-dealkylation sites (N-methyl/N-ethyl adjacent to an activating group) is 1. The molecule has 29 heavy (non-hydrogen) atoms. The Bertz CT molecular complexity index is 1030. The molecule has 0 aliphatic heterocycles. The Balaban J connectivity index is 1.64. The molecule has 0 bridgehead atoms. The first-order chi connectivity index (χ1) is 14.0. The lowest BCUT2D eigenvalue weighted by Gasteiger charge is -2.13. The van der Waals surface area contributed by atoms with E-state index in [0.717, 1.165) is 27.7 Å². The molecule has 0 aliphatic carbocycles. The summed E-state index contributed by atoms with van der Waals surface area (Å²) in [5.74, 6) is 0.295. The number of hydrogen-bond donors (Lipinski definition) is 2. The van der Waals surface area contributed by atoms with E-state index in [1.807, 2.05) is 45.0 Å². The smallest absolute Gasteiger partial charge is 0.257 e. The molecule has 0 unspecified atom stereocenters. The molecular formula is C23H25N3O3. The van der Waals surface area contributed by atoms with Gasteiger partial charge in [0.1, 0.15) is 5.75 Å². The summed E-state index contributed by atoms with van der Waals surface area (Å²) >= 11 is 0. The van der Waals surface area contributed by atoms with Crippen molar-refractivity contribution in [3.05, 3.63) is 65.4 Å². The van der Waals surface area contributed by atoms with E-state index in [0.29, 0.717) is 18.0 Å². The van der Waals surface area contributed by atoms with Crippen LogP contribution in [0.25, 0.3) is 10.9 Å². The average Bonchev–Trinajstić information content (AvgIpc) is 2.71. The van der Waals surface area contributed by atoms with E-state index in [4.69, 9.17) is 4.74 Å². The first kappa shape index (κ1) is 20.3. The van der Waals surface area contributed by atoms with Gasteiger partial charge in [-0.3, -0.25) is 14.6 Å². The molecule has 0 radical (unpaired) electrons. The summed E-state index contributed by atoms with van der Waals surface area (Å²) in [5, 5.41) is 6.64. The van der Waals surface area contributed by atoms with Gasteiger partial charge in [0.25, 0.3) is 5.91 Å². The van der Waals surface area contributed by atoms with Crippen LogP contribution in [-0.4, -0.2) is 29.9 Å². The highest BCUT2D eigenvalue weighted by molar-refractivity contribution is 5.94. The minimum absolute atomic E-state index is 0.0347. The second-order valence-corrected chi connectivity index (χ2v) is 6.81. The van der Waals surface area contributed by atoms with Gasteiger partial charge in [-0.2, -0.15) is 0 Å². The molecule has 1 heterocycles. The molecule has 2 amide bonds. The zero-order valence-electron chi connectivity index (χ0n) is 16.9. The maximum atomic E-state index is 12.6. The number of fused-ring (bicyclic) bond motifs is 1. The fraction of sp³-hybridized carbons (Fsp3) is 0.261. The lowest BCUT2D eigenvalue weighted by molar-refractivity contribution is -0.123. The predicted octanol–water partition coefficient (Wildman–Crippen LogP) is 3.55. The Morgan fingerprint density at radius 1 is 1.00 bits per heavy atom. The van der Waals surface area contributed by atoms with Gasteiger partial charge in [-0.15, -0.1) is 0 Å². The van der Waals surface area contributed by atoms with Crippen molar-refractivity contribution in [1.82, 2.24) is 10.3 Å². The molecule has 3 rings (SSSR count). The number of aromatic nitrogens is 1. The lowest BCUT2D eigenvalue weighted by Crippen LogP contribution is -2.28. The van der Waals surface area contributed by atoms with E-state index in [9.17, 15) is 9.59 Å². The lowest BCUT2D eigenvalue weighted by atomic mass is 9.99. The number of carbonyl (C=O) groups excluding carboxylic acids is 2. The zero-order chi connectivity index (χ0) is 20.8. The normalized spacial score (nSPS) is 10.6. The fourth-order valence-corrected chi connectivity index (χ4v) is 3.23. The van der Waals surface area contributed by atoms with Gasteiger partial charge in [0.2, 0.25) is 5.91 Å². The summed E-state index contributed by atoms with van der Waals surface area (Å²) in [6.45, 7) is 6.35. The summed E-state index contributed by atoms with van der Waals surface area (Å²) in [4.78, 5) is 28.6. The van der Waals surface area contributed by atoms with Crippen LogP contribution in [0.3, 0.4) is 0 Å². The molecule has 6 heteroatoms. The van der Waals surface area contributed by atoms with Gasteiger partial charge in [-0.25, -0.2) is 0 Å². The maximum absolute atomic E-state index is 12.6. The summed E-state index contributed by atoms with van der Waals surface area (Å²) < 4.78 is 5.42. The van der Waals surface area contributed by atoms with Gasteiger partial charge in [0, 0.05) is 23.3 Å². The maximum Gasteiger partial charge on any atom is 0.257 e. The van der Waals surface area contributed by atoms with E-state index >= 15 is 0 Å². The number of carbonyl (C=O) groups is 2. The monoisotopic (exact) mass is 391 g/mol. The van der Waals surface area contributed by atoms with Gasteiger partial charge in [-0.1, -0.05) is 18.2 Å². The number of nitrogens with zero attached hydrogens (tertiary/aromatic N) is 1. The molecule has 3 aromatic rings. The number of aryl methyl sites for hydroxylation is 2. The van der Waals surface area contributed by atoms with Crippen molar-refractivity contribution in [2.75, 3.05) is 18.5 Å². The fourth-order valence-electron chi connectivity index (χ4n) is 3.23. The van der Waals surface area contributed by atoms with Crippen molar-refractivity contribution in [3.8, 4) is 5.75 Å². The number of rotatable bonds is 7. The summed E-state index contributed by atoms with van der Waals surface area (Å²) in [6, 6.07) is 14.9. The quantitative estimate of drug-likeness (QED) is 0.645. The Hall–Kier alpha value is -3.41. The highest BCUT2D eigenvalue weighted by Crippen LogP contribution is 2.23. The third kappa shape index (κ3) is 5.10. The number of amides is 2. The standard InChI is InChI=1S/C23H25N3O3/c1-4-24-23(28)14-29-18-11-9-17(10-12-18)26-22(27)13-20-15(2)19-7-5-6-8-21(19)25-16(20)3/h5-12H,4,13-14H2,1-3H3,(H,24,28)(H,26,27). The molecule has 0 aliphatic rings. The van der Waals surface area contributed by atoms with Gasteiger partial charge in [0.15, 0.2) is 6.61 Å². The molecule has 6 nitrogen and oxygen atoms in total. The van der Waals surface area contributed by atoms with Crippen LogP contribution < -0.4 is 15.4 Å². The third-order valence-electron chi connectivity index (χ3n) is 4.70.